The second kappa shape index (κ2) is 6.16. The number of hydrogen-bond donors (Lipinski definition) is 1. The molecule has 1 N–H and O–H groups in total. The van der Waals surface area contributed by atoms with E-state index in [-0.39, 0.29) is 0 Å². The second-order valence-corrected chi connectivity index (χ2v) is 4.32. The molecule has 1 unspecified atom stereocenters. The summed E-state index contributed by atoms with van der Waals surface area (Å²) in [5, 5.41) is 4.76. The van der Waals surface area contributed by atoms with Gasteiger partial charge in [-0.15, -0.1) is 6.58 Å². The first-order chi connectivity index (χ1) is 7.15. The van der Waals surface area contributed by atoms with Gasteiger partial charge in [-0.3, -0.25) is 0 Å². The van der Waals surface area contributed by atoms with E-state index < -0.39 is 0 Å². The standard InChI is InChI=1S/C12H15Cl2N/c1-3-5-9(2)15-8-10-11(13)6-4-7-12(10)14/h3-4,6-7,9,15H,1,5,8H2,2H3. The van der Waals surface area contributed by atoms with E-state index in [0.29, 0.717) is 22.6 Å². The first kappa shape index (κ1) is 12.6. The van der Waals surface area contributed by atoms with Crippen molar-refractivity contribution in [2.24, 2.45) is 0 Å². The molecule has 0 heterocycles. The Labute approximate surface area is 101 Å². The summed E-state index contributed by atoms with van der Waals surface area (Å²) < 4.78 is 0. The molecule has 0 saturated heterocycles. The summed E-state index contributed by atoms with van der Waals surface area (Å²) in [6.07, 6.45) is 2.83. The predicted molar refractivity (Wildman–Crippen MR) is 67.6 cm³/mol. The third-order valence-corrected chi connectivity index (χ3v) is 2.92. The second-order valence-electron chi connectivity index (χ2n) is 3.51. The van der Waals surface area contributed by atoms with Gasteiger partial charge in [0, 0.05) is 28.2 Å². The van der Waals surface area contributed by atoms with Gasteiger partial charge in [0.1, 0.15) is 0 Å². The van der Waals surface area contributed by atoms with Gasteiger partial charge in [-0.1, -0.05) is 35.3 Å². The van der Waals surface area contributed by atoms with Crippen LogP contribution >= 0.6 is 23.2 Å². The van der Waals surface area contributed by atoms with Crippen LogP contribution in [0.25, 0.3) is 0 Å². The van der Waals surface area contributed by atoms with Crippen molar-refractivity contribution >= 4 is 23.2 Å². The van der Waals surface area contributed by atoms with Crippen LogP contribution in [-0.4, -0.2) is 6.04 Å². The number of hydrogen-bond acceptors (Lipinski definition) is 1. The van der Waals surface area contributed by atoms with E-state index >= 15 is 0 Å². The molecule has 0 aliphatic heterocycles. The van der Waals surface area contributed by atoms with Crippen LogP contribution in [0.5, 0.6) is 0 Å². The summed E-state index contributed by atoms with van der Waals surface area (Å²) in [4.78, 5) is 0. The third kappa shape index (κ3) is 3.86. The van der Waals surface area contributed by atoms with E-state index in [4.69, 9.17) is 23.2 Å². The maximum atomic E-state index is 6.05. The lowest BCUT2D eigenvalue weighted by molar-refractivity contribution is 0.554. The van der Waals surface area contributed by atoms with Crippen LogP contribution in [0.1, 0.15) is 18.9 Å². The van der Waals surface area contributed by atoms with Crippen LogP contribution in [0.2, 0.25) is 10.0 Å². The van der Waals surface area contributed by atoms with Crippen LogP contribution in [0.3, 0.4) is 0 Å². The minimum Gasteiger partial charge on any atom is -0.310 e. The Balaban J connectivity index is 2.60. The van der Waals surface area contributed by atoms with Gasteiger partial charge in [-0.25, -0.2) is 0 Å². The molecule has 1 atom stereocenters. The quantitative estimate of drug-likeness (QED) is 0.770. The molecular formula is C12H15Cl2N. The molecule has 1 aromatic carbocycles. The van der Waals surface area contributed by atoms with Crippen LogP contribution < -0.4 is 5.32 Å². The Hall–Kier alpha value is -0.500. The van der Waals surface area contributed by atoms with E-state index in [1.54, 1.807) is 0 Å². The topological polar surface area (TPSA) is 12.0 Å². The summed E-state index contributed by atoms with van der Waals surface area (Å²) >= 11 is 12.1. The Morgan fingerprint density at radius 1 is 1.40 bits per heavy atom. The summed E-state index contributed by atoms with van der Waals surface area (Å²) in [7, 11) is 0. The van der Waals surface area contributed by atoms with Gasteiger partial charge in [0.15, 0.2) is 0 Å². The monoisotopic (exact) mass is 243 g/mol. The fourth-order valence-corrected chi connectivity index (χ4v) is 1.84. The normalized spacial score (nSPS) is 12.5. The van der Waals surface area contributed by atoms with Crippen molar-refractivity contribution in [2.45, 2.75) is 25.9 Å². The van der Waals surface area contributed by atoms with E-state index in [1.807, 2.05) is 24.3 Å². The minimum absolute atomic E-state index is 0.384. The van der Waals surface area contributed by atoms with Crippen molar-refractivity contribution in [3.63, 3.8) is 0 Å². The molecule has 0 aliphatic carbocycles. The van der Waals surface area contributed by atoms with E-state index in [9.17, 15) is 0 Å². The van der Waals surface area contributed by atoms with Gasteiger partial charge < -0.3 is 5.32 Å². The molecule has 3 heteroatoms. The third-order valence-electron chi connectivity index (χ3n) is 2.21. The predicted octanol–water partition coefficient (Wildman–Crippen LogP) is 4.05. The minimum atomic E-state index is 0.384. The molecule has 82 valence electrons. The van der Waals surface area contributed by atoms with Crippen LogP contribution in [-0.2, 0) is 6.54 Å². The van der Waals surface area contributed by atoms with Crippen LogP contribution in [0, 0.1) is 0 Å². The van der Waals surface area contributed by atoms with Crippen LogP contribution in [0.15, 0.2) is 30.9 Å². The molecule has 0 spiro atoms. The van der Waals surface area contributed by atoms with Crippen molar-refractivity contribution in [3.8, 4) is 0 Å². The van der Waals surface area contributed by atoms with Gasteiger partial charge in [0.25, 0.3) is 0 Å². The molecule has 0 radical (unpaired) electrons. The van der Waals surface area contributed by atoms with Crippen molar-refractivity contribution in [3.05, 3.63) is 46.5 Å². The lowest BCUT2D eigenvalue weighted by Gasteiger charge is -2.13. The molecule has 0 aliphatic rings. The molecule has 0 aromatic heterocycles. The first-order valence-corrected chi connectivity index (χ1v) is 5.68. The largest absolute Gasteiger partial charge is 0.310 e. The molecule has 1 rings (SSSR count). The summed E-state index contributed by atoms with van der Waals surface area (Å²) in [5.41, 5.74) is 0.955. The van der Waals surface area contributed by atoms with Gasteiger partial charge in [-0.2, -0.15) is 0 Å². The van der Waals surface area contributed by atoms with E-state index in [2.05, 4.69) is 18.8 Å². The Kier molecular flexibility index (Phi) is 5.16. The zero-order valence-electron chi connectivity index (χ0n) is 8.76. The first-order valence-electron chi connectivity index (χ1n) is 4.92. The van der Waals surface area contributed by atoms with Gasteiger partial charge in [0.2, 0.25) is 0 Å². The van der Waals surface area contributed by atoms with Crippen LogP contribution in [0.4, 0.5) is 0 Å². The molecule has 15 heavy (non-hydrogen) atoms. The molecule has 0 saturated carbocycles. The Bertz CT molecular complexity index is 316. The average Bonchev–Trinajstić information content (AvgIpc) is 2.17. The Morgan fingerprint density at radius 3 is 2.53 bits per heavy atom. The fourth-order valence-electron chi connectivity index (χ4n) is 1.31. The zero-order valence-corrected chi connectivity index (χ0v) is 10.3. The number of benzene rings is 1. The van der Waals surface area contributed by atoms with Gasteiger partial charge >= 0.3 is 0 Å². The lowest BCUT2D eigenvalue weighted by Crippen LogP contribution is -2.24. The highest BCUT2D eigenvalue weighted by atomic mass is 35.5. The van der Waals surface area contributed by atoms with E-state index in [1.165, 1.54) is 0 Å². The number of halogens is 2. The highest BCUT2D eigenvalue weighted by Gasteiger charge is 2.06. The molecule has 1 nitrogen and oxygen atoms in total. The molecule has 1 aromatic rings. The molecular weight excluding hydrogens is 229 g/mol. The highest BCUT2D eigenvalue weighted by molar-refractivity contribution is 6.35. The fraction of sp³-hybridized carbons (Fsp3) is 0.333. The average molecular weight is 244 g/mol. The van der Waals surface area contributed by atoms with Crippen molar-refractivity contribution < 1.29 is 0 Å². The maximum Gasteiger partial charge on any atom is 0.0465 e. The summed E-state index contributed by atoms with van der Waals surface area (Å²) in [6, 6.07) is 5.93. The van der Waals surface area contributed by atoms with Gasteiger partial charge in [0.05, 0.1) is 0 Å². The summed E-state index contributed by atoms with van der Waals surface area (Å²) in [5.74, 6) is 0. The highest BCUT2D eigenvalue weighted by Crippen LogP contribution is 2.23. The van der Waals surface area contributed by atoms with Crippen molar-refractivity contribution in [2.75, 3.05) is 0 Å². The lowest BCUT2D eigenvalue weighted by atomic mass is 10.2. The smallest absolute Gasteiger partial charge is 0.0465 e. The molecule has 0 fully saturated rings. The van der Waals surface area contributed by atoms with Gasteiger partial charge in [-0.05, 0) is 25.5 Å². The Morgan fingerprint density at radius 2 is 2.00 bits per heavy atom. The molecule has 0 bridgehead atoms. The zero-order chi connectivity index (χ0) is 11.3. The van der Waals surface area contributed by atoms with E-state index in [0.717, 1.165) is 12.0 Å². The van der Waals surface area contributed by atoms with Crippen molar-refractivity contribution in [1.82, 2.24) is 5.32 Å². The summed E-state index contributed by atoms with van der Waals surface area (Å²) in [6.45, 7) is 6.49. The SMILES string of the molecule is C=CCC(C)NCc1c(Cl)cccc1Cl. The van der Waals surface area contributed by atoms with Crippen molar-refractivity contribution in [1.29, 1.82) is 0 Å². The molecule has 0 amide bonds. The maximum absolute atomic E-state index is 6.05. The number of rotatable bonds is 5. The number of nitrogens with one attached hydrogen (secondary N) is 1.